The first-order valence-electron chi connectivity index (χ1n) is 8.95. The number of piperidine rings is 1. The Kier molecular flexibility index (Phi) is 7.75. The molecule has 1 aliphatic heterocycles. The summed E-state index contributed by atoms with van der Waals surface area (Å²) in [6, 6.07) is 5.52. The largest absolute Gasteiger partial charge is 0.493 e. The van der Waals surface area contributed by atoms with Crippen molar-refractivity contribution in [2.24, 2.45) is 5.92 Å². The normalized spacial score (nSPS) is 15.1. The number of ether oxygens (including phenoxy) is 2. The predicted molar refractivity (Wildman–Crippen MR) is 99.8 cm³/mol. The molecule has 0 spiro atoms. The van der Waals surface area contributed by atoms with Gasteiger partial charge in [-0.05, 0) is 44.4 Å². The average molecular weight is 412 g/mol. The predicted octanol–water partition coefficient (Wildman–Crippen LogP) is 4.04. The lowest BCUT2D eigenvalue weighted by Gasteiger charge is -2.31. The van der Waals surface area contributed by atoms with Gasteiger partial charge in [-0.2, -0.15) is 0 Å². The number of unbranched alkanes of at least 4 members (excludes halogenated alkanes) is 1. The van der Waals surface area contributed by atoms with Crippen LogP contribution in [0, 0.1) is 5.92 Å². The van der Waals surface area contributed by atoms with E-state index < -0.39 is 0 Å². The van der Waals surface area contributed by atoms with Gasteiger partial charge in [-0.25, -0.2) is 0 Å². The molecule has 0 unspecified atom stereocenters. The lowest BCUT2D eigenvalue weighted by Crippen LogP contribution is -2.40. The minimum atomic E-state index is -0.152. The third kappa shape index (κ3) is 5.46. The monoisotopic (exact) mass is 411 g/mol. The van der Waals surface area contributed by atoms with E-state index in [0.717, 1.165) is 17.3 Å². The minimum absolute atomic E-state index is 0.0462. The summed E-state index contributed by atoms with van der Waals surface area (Å²) >= 11 is 3.43. The van der Waals surface area contributed by atoms with Gasteiger partial charge >= 0.3 is 5.97 Å². The van der Waals surface area contributed by atoms with Gasteiger partial charge in [0.1, 0.15) is 5.75 Å². The summed E-state index contributed by atoms with van der Waals surface area (Å²) in [4.78, 5) is 26.6. The molecule has 0 aliphatic carbocycles. The molecule has 0 radical (unpaired) electrons. The second kappa shape index (κ2) is 9.80. The van der Waals surface area contributed by atoms with Crippen molar-refractivity contribution >= 4 is 27.8 Å². The first-order valence-corrected chi connectivity index (χ1v) is 9.74. The Morgan fingerprint density at radius 3 is 2.60 bits per heavy atom. The van der Waals surface area contributed by atoms with E-state index >= 15 is 0 Å². The smallest absolute Gasteiger partial charge is 0.309 e. The molecule has 25 heavy (non-hydrogen) atoms. The van der Waals surface area contributed by atoms with E-state index in [1.54, 1.807) is 11.0 Å². The number of likely N-dealkylation sites (tertiary alicyclic amines) is 1. The molecule has 2 rings (SSSR count). The molecule has 1 fully saturated rings. The van der Waals surface area contributed by atoms with Crippen molar-refractivity contribution < 1.29 is 19.1 Å². The zero-order valence-corrected chi connectivity index (χ0v) is 16.5. The third-order valence-corrected chi connectivity index (χ3v) is 4.82. The van der Waals surface area contributed by atoms with Crippen LogP contribution in [0.2, 0.25) is 0 Å². The number of hydrogen-bond acceptors (Lipinski definition) is 4. The topological polar surface area (TPSA) is 55.8 Å². The minimum Gasteiger partial charge on any atom is -0.493 e. The Bertz CT molecular complexity index is 597. The van der Waals surface area contributed by atoms with Gasteiger partial charge in [0.2, 0.25) is 0 Å². The number of esters is 1. The molecule has 0 saturated carbocycles. The second-order valence-corrected chi connectivity index (χ2v) is 7.08. The Morgan fingerprint density at radius 2 is 1.96 bits per heavy atom. The summed E-state index contributed by atoms with van der Waals surface area (Å²) < 4.78 is 11.7. The first kappa shape index (κ1) is 19.8. The quantitative estimate of drug-likeness (QED) is 0.501. The SMILES string of the molecule is CCCCOc1ccc(Br)cc1C(=O)N1CCC(C(=O)OCC)CC1. The first-order chi connectivity index (χ1) is 12.1. The molecular formula is C19H26BrNO4. The fraction of sp³-hybridized carbons (Fsp3) is 0.579. The number of amides is 1. The van der Waals surface area contributed by atoms with Crippen LogP contribution in [0.5, 0.6) is 5.75 Å². The van der Waals surface area contributed by atoms with Gasteiger partial charge in [-0.3, -0.25) is 9.59 Å². The van der Waals surface area contributed by atoms with Crippen LogP contribution in [0.3, 0.4) is 0 Å². The van der Waals surface area contributed by atoms with Crippen molar-refractivity contribution in [2.45, 2.75) is 39.5 Å². The maximum Gasteiger partial charge on any atom is 0.309 e. The van der Waals surface area contributed by atoms with E-state index in [0.29, 0.717) is 50.5 Å². The Hall–Kier alpha value is -1.56. The van der Waals surface area contributed by atoms with Gasteiger partial charge in [0.05, 0.1) is 24.7 Å². The fourth-order valence-electron chi connectivity index (χ4n) is 2.87. The fourth-order valence-corrected chi connectivity index (χ4v) is 3.23. The summed E-state index contributed by atoms with van der Waals surface area (Å²) in [7, 11) is 0. The Morgan fingerprint density at radius 1 is 1.24 bits per heavy atom. The van der Waals surface area contributed by atoms with E-state index in [1.165, 1.54) is 0 Å². The zero-order chi connectivity index (χ0) is 18.2. The van der Waals surface area contributed by atoms with E-state index in [2.05, 4.69) is 22.9 Å². The van der Waals surface area contributed by atoms with Crippen LogP contribution < -0.4 is 4.74 Å². The number of rotatable bonds is 7. The highest BCUT2D eigenvalue weighted by atomic mass is 79.9. The summed E-state index contributed by atoms with van der Waals surface area (Å²) in [5, 5.41) is 0. The number of benzene rings is 1. The van der Waals surface area contributed by atoms with Crippen molar-refractivity contribution in [1.29, 1.82) is 0 Å². The van der Waals surface area contributed by atoms with Crippen LogP contribution in [-0.4, -0.2) is 43.1 Å². The van der Waals surface area contributed by atoms with Crippen LogP contribution >= 0.6 is 15.9 Å². The summed E-state index contributed by atoms with van der Waals surface area (Å²) in [6.07, 6.45) is 3.28. The van der Waals surface area contributed by atoms with Crippen LogP contribution in [0.1, 0.15) is 49.9 Å². The highest BCUT2D eigenvalue weighted by molar-refractivity contribution is 9.10. The van der Waals surface area contributed by atoms with Crippen LogP contribution in [0.25, 0.3) is 0 Å². The molecule has 6 heteroatoms. The standard InChI is InChI=1S/C19H26BrNO4/c1-3-5-12-25-17-7-6-15(20)13-16(17)18(22)21-10-8-14(9-11-21)19(23)24-4-2/h6-7,13-14H,3-5,8-12H2,1-2H3. The number of carbonyl (C=O) groups is 2. The van der Waals surface area contributed by atoms with Crippen molar-refractivity contribution in [3.05, 3.63) is 28.2 Å². The van der Waals surface area contributed by atoms with Gasteiger partial charge in [0.25, 0.3) is 5.91 Å². The number of carbonyl (C=O) groups excluding carboxylic acids is 2. The Balaban J connectivity index is 2.03. The van der Waals surface area contributed by atoms with E-state index in [4.69, 9.17) is 9.47 Å². The molecule has 1 aromatic carbocycles. The Labute approximate surface area is 157 Å². The molecule has 1 aliphatic rings. The molecule has 5 nitrogen and oxygen atoms in total. The van der Waals surface area contributed by atoms with E-state index in [9.17, 15) is 9.59 Å². The van der Waals surface area contributed by atoms with Gasteiger partial charge in [-0.15, -0.1) is 0 Å². The second-order valence-electron chi connectivity index (χ2n) is 6.16. The van der Waals surface area contributed by atoms with Crippen LogP contribution in [0.15, 0.2) is 22.7 Å². The van der Waals surface area contributed by atoms with Crippen molar-refractivity contribution in [3.8, 4) is 5.75 Å². The molecule has 138 valence electrons. The van der Waals surface area contributed by atoms with Gasteiger partial charge < -0.3 is 14.4 Å². The summed E-state index contributed by atoms with van der Waals surface area (Å²) in [5.74, 6) is 0.316. The number of hydrogen-bond donors (Lipinski definition) is 0. The highest BCUT2D eigenvalue weighted by Crippen LogP contribution is 2.27. The average Bonchev–Trinajstić information content (AvgIpc) is 2.63. The highest BCUT2D eigenvalue weighted by Gasteiger charge is 2.29. The van der Waals surface area contributed by atoms with Crippen molar-refractivity contribution in [1.82, 2.24) is 4.90 Å². The van der Waals surface area contributed by atoms with Crippen LogP contribution in [-0.2, 0) is 9.53 Å². The summed E-state index contributed by atoms with van der Waals surface area (Å²) in [5.41, 5.74) is 0.570. The van der Waals surface area contributed by atoms with Crippen molar-refractivity contribution in [3.63, 3.8) is 0 Å². The molecule has 1 heterocycles. The summed E-state index contributed by atoms with van der Waals surface area (Å²) in [6.45, 7) is 6.03. The lowest BCUT2D eigenvalue weighted by atomic mass is 9.96. The zero-order valence-electron chi connectivity index (χ0n) is 14.9. The number of nitrogens with zero attached hydrogens (tertiary/aromatic N) is 1. The maximum absolute atomic E-state index is 12.9. The van der Waals surface area contributed by atoms with Crippen LogP contribution in [0.4, 0.5) is 0 Å². The van der Waals surface area contributed by atoms with Gasteiger partial charge in [-0.1, -0.05) is 29.3 Å². The molecule has 1 aromatic rings. The molecule has 0 atom stereocenters. The molecule has 1 amide bonds. The molecular weight excluding hydrogens is 386 g/mol. The molecule has 0 bridgehead atoms. The molecule has 0 aromatic heterocycles. The maximum atomic E-state index is 12.9. The van der Waals surface area contributed by atoms with E-state index in [1.807, 2.05) is 19.1 Å². The van der Waals surface area contributed by atoms with Gasteiger partial charge in [0, 0.05) is 17.6 Å². The third-order valence-electron chi connectivity index (χ3n) is 4.33. The molecule has 1 saturated heterocycles. The van der Waals surface area contributed by atoms with Crippen molar-refractivity contribution in [2.75, 3.05) is 26.3 Å². The number of halogens is 1. The van der Waals surface area contributed by atoms with E-state index in [-0.39, 0.29) is 17.8 Å². The molecule has 0 N–H and O–H groups in total. The van der Waals surface area contributed by atoms with Gasteiger partial charge in [0.15, 0.2) is 0 Å². The lowest BCUT2D eigenvalue weighted by molar-refractivity contribution is -0.149.